The van der Waals surface area contributed by atoms with Crippen LogP contribution in [0.5, 0.6) is 0 Å². The van der Waals surface area contributed by atoms with E-state index in [9.17, 15) is 4.79 Å². The monoisotopic (exact) mass is 196 g/mol. The molecule has 0 heterocycles. The summed E-state index contributed by atoms with van der Waals surface area (Å²) in [5.41, 5.74) is 0. The van der Waals surface area contributed by atoms with E-state index in [1.54, 1.807) is 19.0 Å². The summed E-state index contributed by atoms with van der Waals surface area (Å²) in [6, 6.07) is -0.101. The maximum atomic E-state index is 11.4. The van der Waals surface area contributed by atoms with Crippen LogP contribution in [0.3, 0.4) is 0 Å². The van der Waals surface area contributed by atoms with E-state index in [4.69, 9.17) is 6.42 Å². The first-order valence-electron chi connectivity index (χ1n) is 4.97. The molecule has 0 aromatic carbocycles. The summed E-state index contributed by atoms with van der Waals surface area (Å²) >= 11 is 0. The van der Waals surface area contributed by atoms with E-state index in [0.29, 0.717) is 0 Å². The lowest BCUT2D eigenvalue weighted by atomic mass is 10.2. The first-order valence-corrected chi connectivity index (χ1v) is 4.97. The van der Waals surface area contributed by atoms with E-state index in [-0.39, 0.29) is 11.9 Å². The van der Waals surface area contributed by atoms with Gasteiger partial charge in [0.05, 0.1) is 6.04 Å². The number of nitrogens with one attached hydrogen (secondary N) is 1. The number of hydrogen-bond acceptors (Lipinski definition) is 2. The van der Waals surface area contributed by atoms with Crippen LogP contribution in [0.2, 0.25) is 0 Å². The van der Waals surface area contributed by atoms with Crippen LogP contribution in [-0.4, -0.2) is 37.5 Å². The topological polar surface area (TPSA) is 32.3 Å². The van der Waals surface area contributed by atoms with Gasteiger partial charge in [0.15, 0.2) is 0 Å². The molecule has 80 valence electrons. The third kappa shape index (κ3) is 5.60. The predicted octanol–water partition coefficient (Wildman–Crippen LogP) is 0.856. The van der Waals surface area contributed by atoms with Crippen molar-refractivity contribution in [2.45, 2.75) is 32.2 Å². The Morgan fingerprint density at radius 2 is 2.14 bits per heavy atom. The highest BCUT2D eigenvalue weighted by Gasteiger charge is 2.12. The quantitative estimate of drug-likeness (QED) is 0.505. The third-order valence-corrected chi connectivity index (χ3v) is 2.01. The zero-order valence-corrected chi connectivity index (χ0v) is 9.34. The summed E-state index contributed by atoms with van der Waals surface area (Å²) in [4.78, 5) is 13.0. The van der Waals surface area contributed by atoms with Gasteiger partial charge < -0.3 is 10.2 Å². The number of likely N-dealkylation sites (N-methyl/N-ethyl adjacent to an activating group) is 1. The highest BCUT2D eigenvalue weighted by atomic mass is 16.2. The second-order valence-corrected chi connectivity index (χ2v) is 3.57. The fourth-order valence-corrected chi connectivity index (χ4v) is 1.15. The molecule has 0 bridgehead atoms. The number of nitrogens with zero attached hydrogens (tertiary/aromatic N) is 1. The summed E-state index contributed by atoms with van der Waals surface area (Å²) in [7, 11) is 3.53. The van der Waals surface area contributed by atoms with Crippen LogP contribution in [0.1, 0.15) is 26.2 Å². The summed E-state index contributed by atoms with van der Waals surface area (Å²) in [6.45, 7) is 2.73. The summed E-state index contributed by atoms with van der Waals surface area (Å²) in [6.07, 6.45) is 7.99. The molecule has 0 rings (SSSR count). The second-order valence-electron chi connectivity index (χ2n) is 3.57. The van der Waals surface area contributed by atoms with Gasteiger partial charge in [0, 0.05) is 20.5 Å². The SMILES string of the molecule is C#CCCCCNC(C)C(=O)N(C)C. The van der Waals surface area contributed by atoms with Gasteiger partial charge >= 0.3 is 0 Å². The number of rotatable bonds is 6. The van der Waals surface area contributed by atoms with Crippen LogP contribution >= 0.6 is 0 Å². The molecule has 0 aromatic heterocycles. The number of unbranched alkanes of at least 4 members (excludes halogenated alkanes) is 2. The van der Waals surface area contributed by atoms with E-state index in [1.165, 1.54) is 0 Å². The molecule has 14 heavy (non-hydrogen) atoms. The molecular formula is C11H20N2O. The molecule has 0 aliphatic heterocycles. The Labute approximate surface area is 86.9 Å². The van der Waals surface area contributed by atoms with Gasteiger partial charge in [-0.3, -0.25) is 4.79 Å². The Bertz CT molecular complexity index is 206. The molecule has 1 atom stereocenters. The highest BCUT2D eigenvalue weighted by Crippen LogP contribution is 1.94. The Hall–Kier alpha value is -1.01. The Morgan fingerprint density at radius 1 is 1.50 bits per heavy atom. The van der Waals surface area contributed by atoms with E-state index < -0.39 is 0 Å². The van der Waals surface area contributed by atoms with E-state index in [0.717, 1.165) is 25.8 Å². The van der Waals surface area contributed by atoms with E-state index in [2.05, 4.69) is 11.2 Å². The molecule has 3 heteroatoms. The minimum Gasteiger partial charge on any atom is -0.347 e. The van der Waals surface area contributed by atoms with Gasteiger partial charge in [0.2, 0.25) is 5.91 Å². The van der Waals surface area contributed by atoms with Gasteiger partial charge in [-0.15, -0.1) is 12.3 Å². The van der Waals surface area contributed by atoms with Crippen molar-refractivity contribution in [1.29, 1.82) is 0 Å². The van der Waals surface area contributed by atoms with Crippen molar-refractivity contribution in [1.82, 2.24) is 10.2 Å². The van der Waals surface area contributed by atoms with Crippen LogP contribution in [0.25, 0.3) is 0 Å². The van der Waals surface area contributed by atoms with Gasteiger partial charge in [0.1, 0.15) is 0 Å². The summed E-state index contributed by atoms with van der Waals surface area (Å²) in [5, 5.41) is 3.16. The minimum absolute atomic E-state index is 0.101. The normalized spacial score (nSPS) is 11.9. The number of terminal acetylenes is 1. The van der Waals surface area contributed by atoms with Crippen molar-refractivity contribution >= 4 is 5.91 Å². The zero-order chi connectivity index (χ0) is 11.0. The third-order valence-electron chi connectivity index (χ3n) is 2.01. The van der Waals surface area contributed by atoms with E-state index >= 15 is 0 Å². The van der Waals surface area contributed by atoms with Crippen molar-refractivity contribution in [3.63, 3.8) is 0 Å². The zero-order valence-electron chi connectivity index (χ0n) is 9.34. The average molecular weight is 196 g/mol. The van der Waals surface area contributed by atoms with E-state index in [1.807, 2.05) is 6.92 Å². The van der Waals surface area contributed by atoms with Crippen molar-refractivity contribution < 1.29 is 4.79 Å². The van der Waals surface area contributed by atoms with Gasteiger partial charge in [-0.2, -0.15) is 0 Å². The maximum absolute atomic E-state index is 11.4. The molecule has 0 aromatic rings. The van der Waals surface area contributed by atoms with Crippen LogP contribution in [0.15, 0.2) is 0 Å². The van der Waals surface area contributed by atoms with Crippen molar-refractivity contribution in [2.24, 2.45) is 0 Å². The summed E-state index contributed by atoms with van der Waals surface area (Å²) < 4.78 is 0. The van der Waals surface area contributed by atoms with Crippen LogP contribution in [-0.2, 0) is 4.79 Å². The highest BCUT2D eigenvalue weighted by molar-refractivity contribution is 5.80. The van der Waals surface area contributed by atoms with Crippen LogP contribution < -0.4 is 5.32 Å². The van der Waals surface area contributed by atoms with Crippen molar-refractivity contribution in [3.05, 3.63) is 0 Å². The fourth-order valence-electron chi connectivity index (χ4n) is 1.15. The van der Waals surface area contributed by atoms with Gasteiger partial charge in [-0.05, 0) is 26.3 Å². The first kappa shape index (κ1) is 13.0. The largest absolute Gasteiger partial charge is 0.347 e. The molecule has 1 unspecified atom stereocenters. The number of amides is 1. The maximum Gasteiger partial charge on any atom is 0.238 e. The smallest absolute Gasteiger partial charge is 0.238 e. The first-order chi connectivity index (χ1) is 6.59. The Kier molecular flexibility index (Phi) is 6.87. The van der Waals surface area contributed by atoms with Crippen molar-refractivity contribution in [3.8, 4) is 12.3 Å². The van der Waals surface area contributed by atoms with Gasteiger partial charge in [0.25, 0.3) is 0 Å². The lowest BCUT2D eigenvalue weighted by Gasteiger charge is -2.17. The predicted molar refractivity (Wildman–Crippen MR) is 58.8 cm³/mol. The molecule has 0 aliphatic rings. The Morgan fingerprint density at radius 3 is 2.64 bits per heavy atom. The van der Waals surface area contributed by atoms with Gasteiger partial charge in [-0.1, -0.05) is 0 Å². The van der Waals surface area contributed by atoms with Crippen molar-refractivity contribution in [2.75, 3.05) is 20.6 Å². The number of hydrogen-bond donors (Lipinski definition) is 1. The molecule has 0 radical (unpaired) electrons. The fraction of sp³-hybridized carbons (Fsp3) is 0.727. The molecule has 0 saturated heterocycles. The van der Waals surface area contributed by atoms with Gasteiger partial charge in [-0.25, -0.2) is 0 Å². The Balaban J connectivity index is 3.50. The molecule has 0 saturated carbocycles. The number of carbonyl (C=O) groups excluding carboxylic acids is 1. The molecule has 3 nitrogen and oxygen atoms in total. The average Bonchev–Trinajstić information content (AvgIpc) is 2.16. The molecule has 0 aliphatic carbocycles. The number of carbonyl (C=O) groups is 1. The minimum atomic E-state index is -0.101. The lowest BCUT2D eigenvalue weighted by Crippen LogP contribution is -2.41. The molecular weight excluding hydrogens is 176 g/mol. The lowest BCUT2D eigenvalue weighted by molar-refractivity contribution is -0.130. The molecule has 0 fully saturated rings. The van der Waals surface area contributed by atoms with Crippen LogP contribution in [0, 0.1) is 12.3 Å². The molecule has 1 N–H and O–H groups in total. The molecule has 1 amide bonds. The summed E-state index contributed by atoms with van der Waals surface area (Å²) in [5.74, 6) is 2.71. The van der Waals surface area contributed by atoms with Crippen LogP contribution in [0.4, 0.5) is 0 Å². The second kappa shape index (κ2) is 7.40. The molecule has 0 spiro atoms. The standard InChI is InChI=1S/C11H20N2O/c1-5-6-7-8-9-12-10(2)11(14)13(3)4/h1,10,12H,6-9H2,2-4H3.